The van der Waals surface area contributed by atoms with E-state index in [0.717, 1.165) is 12.1 Å². The fourth-order valence-corrected chi connectivity index (χ4v) is 1.36. The van der Waals surface area contributed by atoms with Gasteiger partial charge in [0.15, 0.2) is 11.6 Å². The van der Waals surface area contributed by atoms with Gasteiger partial charge in [-0.1, -0.05) is 0 Å². The number of fused-ring (bicyclic) bond motifs is 1. The molecule has 1 heterocycles. The van der Waals surface area contributed by atoms with E-state index in [1.165, 1.54) is 0 Å². The summed E-state index contributed by atoms with van der Waals surface area (Å²) in [5, 5.41) is 5.28. The monoisotopic (exact) mass is 198 g/mol. The van der Waals surface area contributed by atoms with Crippen LogP contribution in [-0.4, -0.2) is 12.5 Å². The van der Waals surface area contributed by atoms with Gasteiger partial charge in [0.1, 0.15) is 0 Å². The smallest absolute Gasteiger partial charge is 0.238 e. The molecule has 1 aromatic rings. The predicted octanol–water partition coefficient (Wildman–Crippen LogP) is 1.01. The van der Waals surface area contributed by atoms with Crippen LogP contribution in [-0.2, 0) is 11.3 Å². The number of benzene rings is 1. The Morgan fingerprint density at radius 2 is 1.86 bits per heavy atom. The fourth-order valence-electron chi connectivity index (χ4n) is 1.36. The first kappa shape index (κ1) is 9.08. The molecule has 0 bridgehead atoms. The SMILES string of the molecule is O=C1CNCc2cc(F)c(F)cc2N1. The third-order valence-electron chi connectivity index (χ3n) is 2.02. The van der Waals surface area contributed by atoms with Crippen molar-refractivity contribution in [3.05, 3.63) is 29.3 Å². The van der Waals surface area contributed by atoms with Crippen molar-refractivity contribution in [3.8, 4) is 0 Å². The molecular weight excluding hydrogens is 190 g/mol. The van der Waals surface area contributed by atoms with Crippen LogP contribution in [0, 0.1) is 11.6 Å². The average molecular weight is 198 g/mol. The molecule has 2 rings (SSSR count). The van der Waals surface area contributed by atoms with Gasteiger partial charge in [0, 0.05) is 18.3 Å². The molecule has 1 aliphatic rings. The van der Waals surface area contributed by atoms with E-state index in [9.17, 15) is 13.6 Å². The fraction of sp³-hybridized carbons (Fsp3) is 0.222. The molecule has 1 aromatic carbocycles. The Kier molecular flexibility index (Phi) is 2.17. The van der Waals surface area contributed by atoms with Crippen molar-refractivity contribution in [1.29, 1.82) is 0 Å². The number of carbonyl (C=O) groups is 1. The molecule has 5 heteroatoms. The maximum absolute atomic E-state index is 12.8. The van der Waals surface area contributed by atoms with Crippen LogP contribution < -0.4 is 10.6 Å². The summed E-state index contributed by atoms with van der Waals surface area (Å²) in [5.41, 5.74) is 0.883. The quantitative estimate of drug-likeness (QED) is 0.653. The van der Waals surface area contributed by atoms with Crippen molar-refractivity contribution in [3.63, 3.8) is 0 Å². The Morgan fingerprint density at radius 1 is 1.14 bits per heavy atom. The van der Waals surface area contributed by atoms with E-state index in [4.69, 9.17) is 0 Å². The zero-order valence-electron chi connectivity index (χ0n) is 7.23. The van der Waals surface area contributed by atoms with Crippen LogP contribution in [0.1, 0.15) is 5.56 Å². The number of anilines is 1. The summed E-state index contributed by atoms with van der Waals surface area (Å²) >= 11 is 0. The lowest BCUT2D eigenvalue weighted by Gasteiger charge is -2.06. The molecule has 0 spiro atoms. The Balaban J connectivity index is 2.46. The van der Waals surface area contributed by atoms with Crippen molar-refractivity contribution in [2.45, 2.75) is 6.54 Å². The zero-order valence-corrected chi connectivity index (χ0v) is 7.23. The van der Waals surface area contributed by atoms with Crippen LogP contribution in [0.2, 0.25) is 0 Å². The van der Waals surface area contributed by atoms with E-state index < -0.39 is 11.6 Å². The van der Waals surface area contributed by atoms with Crippen LogP contribution in [0.25, 0.3) is 0 Å². The first-order valence-electron chi connectivity index (χ1n) is 4.15. The van der Waals surface area contributed by atoms with Gasteiger partial charge in [0.05, 0.1) is 6.54 Å². The number of carbonyl (C=O) groups excluding carboxylic acids is 1. The van der Waals surface area contributed by atoms with Gasteiger partial charge < -0.3 is 10.6 Å². The van der Waals surface area contributed by atoms with E-state index in [-0.39, 0.29) is 12.5 Å². The molecule has 0 saturated carbocycles. The van der Waals surface area contributed by atoms with Gasteiger partial charge in [-0.3, -0.25) is 4.79 Å². The molecule has 0 radical (unpaired) electrons. The Hall–Kier alpha value is -1.49. The van der Waals surface area contributed by atoms with Crippen molar-refractivity contribution in [1.82, 2.24) is 5.32 Å². The molecule has 0 aliphatic carbocycles. The molecule has 2 N–H and O–H groups in total. The lowest BCUT2D eigenvalue weighted by Crippen LogP contribution is -2.23. The summed E-state index contributed by atoms with van der Waals surface area (Å²) < 4.78 is 25.6. The first-order chi connectivity index (χ1) is 6.66. The van der Waals surface area contributed by atoms with Gasteiger partial charge in [0.25, 0.3) is 0 Å². The second-order valence-corrected chi connectivity index (χ2v) is 3.08. The summed E-state index contributed by atoms with van der Waals surface area (Å²) in [6.07, 6.45) is 0. The number of nitrogens with one attached hydrogen (secondary N) is 2. The normalized spacial score (nSPS) is 15.7. The summed E-state index contributed by atoms with van der Waals surface area (Å²) in [6.45, 7) is 0.503. The highest BCUT2D eigenvalue weighted by atomic mass is 19.2. The van der Waals surface area contributed by atoms with Crippen molar-refractivity contribution >= 4 is 11.6 Å². The minimum absolute atomic E-state index is 0.151. The van der Waals surface area contributed by atoms with Crippen molar-refractivity contribution in [2.75, 3.05) is 11.9 Å². The molecule has 74 valence electrons. The second-order valence-electron chi connectivity index (χ2n) is 3.08. The Labute approximate surface area is 79.1 Å². The molecule has 0 saturated heterocycles. The number of rotatable bonds is 0. The van der Waals surface area contributed by atoms with E-state index in [1.54, 1.807) is 0 Å². The van der Waals surface area contributed by atoms with Gasteiger partial charge in [-0.2, -0.15) is 0 Å². The first-order valence-corrected chi connectivity index (χ1v) is 4.15. The van der Waals surface area contributed by atoms with Crippen molar-refractivity contribution in [2.24, 2.45) is 0 Å². The summed E-state index contributed by atoms with van der Waals surface area (Å²) in [6, 6.07) is 2.08. The summed E-state index contributed by atoms with van der Waals surface area (Å²) in [4.78, 5) is 11.1. The van der Waals surface area contributed by atoms with Gasteiger partial charge in [-0.15, -0.1) is 0 Å². The third-order valence-corrected chi connectivity index (χ3v) is 2.02. The Bertz CT molecular complexity index is 393. The number of hydrogen-bond donors (Lipinski definition) is 2. The van der Waals surface area contributed by atoms with Crippen molar-refractivity contribution < 1.29 is 13.6 Å². The van der Waals surface area contributed by atoms with Crippen LogP contribution in [0.4, 0.5) is 14.5 Å². The minimum atomic E-state index is -0.953. The molecule has 0 unspecified atom stereocenters. The van der Waals surface area contributed by atoms with Crippen LogP contribution in [0.15, 0.2) is 12.1 Å². The molecule has 0 fully saturated rings. The highest BCUT2D eigenvalue weighted by Gasteiger charge is 2.15. The van der Waals surface area contributed by atoms with Gasteiger partial charge in [-0.25, -0.2) is 8.78 Å². The zero-order chi connectivity index (χ0) is 10.1. The molecule has 14 heavy (non-hydrogen) atoms. The summed E-state index contributed by atoms with van der Waals surface area (Å²) in [7, 11) is 0. The second kappa shape index (κ2) is 3.34. The summed E-state index contributed by atoms with van der Waals surface area (Å²) in [5.74, 6) is -2.11. The van der Waals surface area contributed by atoms with Crippen LogP contribution in [0.3, 0.4) is 0 Å². The maximum atomic E-state index is 12.8. The molecule has 1 amide bonds. The molecular formula is C9H8F2N2O. The topological polar surface area (TPSA) is 41.1 Å². The number of hydrogen-bond acceptors (Lipinski definition) is 2. The Morgan fingerprint density at radius 3 is 2.64 bits per heavy atom. The molecule has 3 nitrogen and oxygen atoms in total. The van der Waals surface area contributed by atoms with Gasteiger partial charge in [-0.05, 0) is 11.6 Å². The van der Waals surface area contributed by atoms with E-state index >= 15 is 0 Å². The lowest BCUT2D eigenvalue weighted by atomic mass is 10.1. The van der Waals surface area contributed by atoms with Crippen LogP contribution in [0.5, 0.6) is 0 Å². The maximum Gasteiger partial charge on any atom is 0.238 e. The molecule has 1 aliphatic heterocycles. The lowest BCUT2D eigenvalue weighted by molar-refractivity contribution is -0.115. The van der Waals surface area contributed by atoms with E-state index in [1.807, 2.05) is 0 Å². The molecule has 0 aromatic heterocycles. The number of halogens is 2. The molecule has 0 atom stereocenters. The highest BCUT2D eigenvalue weighted by Crippen LogP contribution is 2.21. The third kappa shape index (κ3) is 1.58. The van der Waals surface area contributed by atoms with E-state index in [2.05, 4.69) is 10.6 Å². The highest BCUT2D eigenvalue weighted by molar-refractivity contribution is 5.93. The predicted molar refractivity (Wildman–Crippen MR) is 46.7 cm³/mol. The standard InChI is InChI=1S/C9H8F2N2O/c10-6-1-5-3-12-4-9(14)13-8(5)2-7(6)11/h1-2,12H,3-4H2,(H,13,14). The largest absolute Gasteiger partial charge is 0.325 e. The van der Waals surface area contributed by atoms with Gasteiger partial charge >= 0.3 is 0 Å². The van der Waals surface area contributed by atoms with E-state index in [0.29, 0.717) is 17.8 Å². The van der Waals surface area contributed by atoms with Crippen LogP contribution >= 0.6 is 0 Å². The number of amides is 1. The van der Waals surface area contributed by atoms with Gasteiger partial charge in [0.2, 0.25) is 5.91 Å². The average Bonchev–Trinajstić information content (AvgIpc) is 2.28. The minimum Gasteiger partial charge on any atom is -0.325 e.